The Kier molecular flexibility index (Phi) is 6.45. The van der Waals surface area contributed by atoms with E-state index >= 15 is 0 Å². The number of aromatic nitrogens is 1. The SMILES string of the molecule is COCCN(CC(=O)O)C(=O)c1sc(Cc2ccccc2)nc1C. The Morgan fingerprint density at radius 2 is 2.00 bits per heavy atom. The molecule has 1 N–H and O–H groups in total. The maximum atomic E-state index is 12.7. The van der Waals surface area contributed by atoms with Gasteiger partial charge in [0, 0.05) is 20.1 Å². The number of benzene rings is 1. The molecule has 0 unspecified atom stereocenters. The Labute approximate surface area is 144 Å². The van der Waals surface area contributed by atoms with Gasteiger partial charge >= 0.3 is 5.97 Å². The van der Waals surface area contributed by atoms with E-state index in [1.54, 1.807) is 6.92 Å². The third kappa shape index (κ3) is 4.87. The first-order valence-electron chi connectivity index (χ1n) is 7.51. The summed E-state index contributed by atoms with van der Waals surface area (Å²) in [5.74, 6) is -1.37. The Balaban J connectivity index is 2.17. The van der Waals surface area contributed by atoms with Crippen molar-refractivity contribution in [1.29, 1.82) is 0 Å². The van der Waals surface area contributed by atoms with E-state index in [2.05, 4.69) is 4.98 Å². The first-order chi connectivity index (χ1) is 11.5. The van der Waals surface area contributed by atoms with Gasteiger partial charge in [-0.1, -0.05) is 30.3 Å². The van der Waals surface area contributed by atoms with Crippen LogP contribution in [0.15, 0.2) is 30.3 Å². The summed E-state index contributed by atoms with van der Waals surface area (Å²) in [5.41, 5.74) is 1.75. The number of carbonyl (C=O) groups is 2. The van der Waals surface area contributed by atoms with Gasteiger partial charge in [0.05, 0.1) is 17.3 Å². The van der Waals surface area contributed by atoms with Crippen LogP contribution < -0.4 is 0 Å². The highest BCUT2D eigenvalue weighted by atomic mass is 32.1. The average Bonchev–Trinajstić information content (AvgIpc) is 2.91. The Morgan fingerprint density at radius 3 is 2.62 bits per heavy atom. The summed E-state index contributed by atoms with van der Waals surface area (Å²) in [6, 6.07) is 9.88. The Morgan fingerprint density at radius 1 is 1.29 bits per heavy atom. The highest BCUT2D eigenvalue weighted by Crippen LogP contribution is 2.22. The third-order valence-corrected chi connectivity index (χ3v) is 4.56. The standard InChI is InChI=1S/C17H20N2O4S/c1-12-16(17(22)19(8-9-23-2)11-15(20)21)24-14(18-12)10-13-6-4-3-5-7-13/h3-7H,8-11H2,1-2H3,(H,20,21). The molecule has 0 bridgehead atoms. The number of carbonyl (C=O) groups excluding carboxylic acids is 1. The number of thiazole rings is 1. The number of nitrogens with zero attached hydrogens (tertiary/aromatic N) is 2. The molecule has 0 atom stereocenters. The summed E-state index contributed by atoms with van der Waals surface area (Å²) in [4.78, 5) is 29.9. The molecule has 0 aliphatic carbocycles. The minimum Gasteiger partial charge on any atom is -0.480 e. The fraction of sp³-hybridized carbons (Fsp3) is 0.353. The van der Waals surface area contributed by atoms with Gasteiger partial charge in [-0.2, -0.15) is 0 Å². The lowest BCUT2D eigenvalue weighted by atomic mass is 10.2. The molecule has 0 saturated heterocycles. The quantitative estimate of drug-likeness (QED) is 0.791. The molecule has 0 saturated carbocycles. The number of ether oxygens (including phenoxy) is 1. The Hall–Kier alpha value is -2.25. The number of hydrogen-bond donors (Lipinski definition) is 1. The van der Waals surface area contributed by atoms with E-state index in [-0.39, 0.29) is 25.6 Å². The van der Waals surface area contributed by atoms with E-state index in [9.17, 15) is 9.59 Å². The van der Waals surface area contributed by atoms with Crippen molar-refractivity contribution in [2.24, 2.45) is 0 Å². The summed E-state index contributed by atoms with van der Waals surface area (Å²) >= 11 is 1.32. The molecule has 1 aromatic carbocycles. The second kappa shape index (κ2) is 8.56. The lowest BCUT2D eigenvalue weighted by Crippen LogP contribution is -2.37. The third-order valence-electron chi connectivity index (χ3n) is 3.41. The molecule has 2 aromatic rings. The molecule has 1 aromatic heterocycles. The zero-order valence-corrected chi connectivity index (χ0v) is 14.5. The molecule has 7 heteroatoms. The van der Waals surface area contributed by atoms with E-state index in [0.717, 1.165) is 10.6 Å². The molecule has 1 heterocycles. The van der Waals surface area contributed by atoms with Gasteiger partial charge in [0.1, 0.15) is 11.4 Å². The van der Waals surface area contributed by atoms with Gasteiger partial charge in [-0.3, -0.25) is 9.59 Å². The van der Waals surface area contributed by atoms with Gasteiger partial charge in [0.15, 0.2) is 0 Å². The molecule has 6 nitrogen and oxygen atoms in total. The van der Waals surface area contributed by atoms with Crippen molar-refractivity contribution in [3.8, 4) is 0 Å². The maximum Gasteiger partial charge on any atom is 0.323 e. The lowest BCUT2D eigenvalue weighted by Gasteiger charge is -2.19. The molecule has 128 valence electrons. The molecule has 1 amide bonds. The smallest absolute Gasteiger partial charge is 0.323 e. The number of carboxylic acids is 1. The number of amides is 1. The Bertz CT molecular complexity index is 700. The molecular formula is C17H20N2O4S. The van der Waals surface area contributed by atoms with E-state index in [1.165, 1.54) is 23.3 Å². The molecule has 2 rings (SSSR count). The van der Waals surface area contributed by atoms with Crippen LogP contribution in [-0.2, 0) is 16.0 Å². The number of carboxylic acid groups (broad SMARTS) is 1. The summed E-state index contributed by atoms with van der Waals surface area (Å²) in [6.45, 7) is 1.93. The number of methoxy groups -OCH3 is 1. The van der Waals surface area contributed by atoms with Crippen LogP contribution in [-0.4, -0.2) is 53.7 Å². The van der Waals surface area contributed by atoms with Crippen LogP contribution in [0, 0.1) is 6.92 Å². The lowest BCUT2D eigenvalue weighted by molar-refractivity contribution is -0.137. The van der Waals surface area contributed by atoms with E-state index < -0.39 is 5.97 Å². The second-order valence-electron chi connectivity index (χ2n) is 5.30. The van der Waals surface area contributed by atoms with Crippen molar-refractivity contribution in [2.75, 3.05) is 26.8 Å². The van der Waals surface area contributed by atoms with Crippen molar-refractivity contribution in [3.63, 3.8) is 0 Å². The normalized spacial score (nSPS) is 10.6. The predicted molar refractivity (Wildman–Crippen MR) is 91.5 cm³/mol. The van der Waals surface area contributed by atoms with E-state index in [0.29, 0.717) is 17.0 Å². The van der Waals surface area contributed by atoms with E-state index in [4.69, 9.17) is 9.84 Å². The summed E-state index contributed by atoms with van der Waals surface area (Å²) in [5, 5.41) is 9.84. The molecule has 0 radical (unpaired) electrons. The van der Waals surface area contributed by atoms with Gasteiger partial charge in [0.25, 0.3) is 5.91 Å². The van der Waals surface area contributed by atoms with Gasteiger partial charge in [0.2, 0.25) is 0 Å². The fourth-order valence-electron chi connectivity index (χ4n) is 2.26. The van der Waals surface area contributed by atoms with E-state index in [1.807, 2.05) is 30.3 Å². The van der Waals surface area contributed by atoms with Gasteiger partial charge in [-0.05, 0) is 12.5 Å². The van der Waals surface area contributed by atoms with Crippen molar-refractivity contribution in [2.45, 2.75) is 13.3 Å². The zero-order chi connectivity index (χ0) is 17.5. The first-order valence-corrected chi connectivity index (χ1v) is 8.33. The molecule has 0 fully saturated rings. The number of aliphatic carboxylic acids is 1. The van der Waals surface area contributed by atoms with Crippen LogP contribution in [0.5, 0.6) is 0 Å². The van der Waals surface area contributed by atoms with Gasteiger partial charge in [-0.25, -0.2) is 4.98 Å². The molecule has 24 heavy (non-hydrogen) atoms. The topological polar surface area (TPSA) is 79.7 Å². The fourth-order valence-corrected chi connectivity index (χ4v) is 3.32. The number of aryl methyl sites for hydroxylation is 1. The number of rotatable bonds is 8. The van der Waals surface area contributed by atoms with Gasteiger partial charge in [-0.15, -0.1) is 11.3 Å². The molecule has 0 spiro atoms. The first kappa shape index (κ1) is 18.1. The van der Waals surface area contributed by atoms with Crippen LogP contribution in [0.2, 0.25) is 0 Å². The van der Waals surface area contributed by atoms with Crippen molar-refractivity contribution < 1.29 is 19.4 Å². The summed E-state index contributed by atoms with van der Waals surface area (Å²) in [6.07, 6.45) is 0.649. The average molecular weight is 348 g/mol. The highest BCUT2D eigenvalue weighted by molar-refractivity contribution is 7.13. The van der Waals surface area contributed by atoms with Gasteiger partial charge < -0.3 is 14.7 Å². The van der Waals surface area contributed by atoms with Crippen LogP contribution >= 0.6 is 11.3 Å². The minimum absolute atomic E-state index is 0.229. The number of hydrogen-bond acceptors (Lipinski definition) is 5. The van der Waals surface area contributed by atoms with Crippen molar-refractivity contribution >= 4 is 23.2 Å². The van der Waals surface area contributed by atoms with Crippen LogP contribution in [0.25, 0.3) is 0 Å². The molecule has 0 aliphatic rings. The molecular weight excluding hydrogens is 328 g/mol. The monoisotopic (exact) mass is 348 g/mol. The van der Waals surface area contributed by atoms with Crippen LogP contribution in [0.1, 0.15) is 25.9 Å². The predicted octanol–water partition coefficient (Wildman–Crippen LogP) is 2.22. The second-order valence-corrected chi connectivity index (χ2v) is 6.38. The minimum atomic E-state index is -1.05. The van der Waals surface area contributed by atoms with Crippen LogP contribution in [0.4, 0.5) is 0 Å². The largest absolute Gasteiger partial charge is 0.480 e. The van der Waals surface area contributed by atoms with Crippen molar-refractivity contribution in [1.82, 2.24) is 9.88 Å². The summed E-state index contributed by atoms with van der Waals surface area (Å²) in [7, 11) is 1.51. The van der Waals surface area contributed by atoms with Crippen molar-refractivity contribution in [3.05, 3.63) is 51.5 Å². The summed E-state index contributed by atoms with van der Waals surface area (Å²) < 4.78 is 4.96. The maximum absolute atomic E-state index is 12.7. The zero-order valence-electron chi connectivity index (χ0n) is 13.7. The molecule has 0 aliphatic heterocycles. The van der Waals surface area contributed by atoms with Crippen LogP contribution in [0.3, 0.4) is 0 Å². The highest BCUT2D eigenvalue weighted by Gasteiger charge is 2.23.